The van der Waals surface area contributed by atoms with E-state index in [9.17, 15) is 13.2 Å². The van der Waals surface area contributed by atoms with E-state index in [-0.39, 0.29) is 18.0 Å². The summed E-state index contributed by atoms with van der Waals surface area (Å²) >= 11 is 0. The van der Waals surface area contributed by atoms with Crippen molar-refractivity contribution in [1.29, 1.82) is 0 Å². The van der Waals surface area contributed by atoms with Gasteiger partial charge in [0.2, 0.25) is 0 Å². The highest BCUT2D eigenvalue weighted by Gasteiger charge is 2.70. The van der Waals surface area contributed by atoms with Gasteiger partial charge in [-0.15, -0.1) is 0 Å². The zero-order valence-corrected chi connectivity index (χ0v) is 19.1. The van der Waals surface area contributed by atoms with Crippen LogP contribution in [0.15, 0.2) is 42.5 Å². The topological polar surface area (TPSA) is 37.0 Å². The first kappa shape index (κ1) is 23.6. The molecule has 34 heavy (non-hydrogen) atoms. The first-order valence-corrected chi connectivity index (χ1v) is 12.0. The van der Waals surface area contributed by atoms with Crippen LogP contribution in [0.25, 0.3) is 0 Å². The van der Waals surface area contributed by atoms with Crippen molar-refractivity contribution in [2.45, 2.75) is 56.1 Å². The number of nitrogens with one attached hydrogen (secondary N) is 1. The molecule has 1 N–H and O–H groups in total. The Morgan fingerprint density at radius 3 is 2.32 bits per heavy atom. The van der Waals surface area contributed by atoms with Crippen LogP contribution in [0.2, 0.25) is 0 Å². The molecule has 2 heterocycles. The number of alkyl halides is 3. The van der Waals surface area contributed by atoms with Gasteiger partial charge in [0.25, 0.3) is 0 Å². The van der Waals surface area contributed by atoms with Crippen molar-refractivity contribution < 1.29 is 27.0 Å². The predicted molar refractivity (Wildman–Crippen MR) is 120 cm³/mol. The smallest absolute Gasteiger partial charge is 0.416 e. The first-order chi connectivity index (χ1) is 16.3. The van der Waals surface area contributed by atoms with Crippen LogP contribution in [0.1, 0.15) is 48.8 Å². The summed E-state index contributed by atoms with van der Waals surface area (Å²) in [6, 6.07) is 9.74. The quantitative estimate of drug-likeness (QED) is 0.454. The average Bonchev–Trinajstić information content (AvgIpc) is 3.44. The number of nitrogens with zero attached hydrogens (tertiary/aromatic N) is 1. The van der Waals surface area contributed by atoms with Crippen LogP contribution >= 0.6 is 0 Å². The Labute approximate surface area is 197 Å². The number of hydrogen-bond donors (Lipinski definition) is 1. The molecule has 4 nitrogen and oxygen atoms in total. The van der Waals surface area contributed by atoms with Gasteiger partial charge in [0, 0.05) is 32.7 Å². The van der Waals surface area contributed by atoms with Crippen LogP contribution in [-0.4, -0.2) is 43.2 Å². The van der Waals surface area contributed by atoms with Gasteiger partial charge in [-0.05, 0) is 48.2 Å². The highest BCUT2D eigenvalue weighted by atomic mass is 19.4. The molecule has 8 heteroatoms. The summed E-state index contributed by atoms with van der Waals surface area (Å²) in [7, 11) is 0. The summed E-state index contributed by atoms with van der Waals surface area (Å²) in [6.07, 6.45) is 1.06. The number of benzene rings is 2. The third-order valence-electron chi connectivity index (χ3n) is 7.45. The van der Waals surface area contributed by atoms with Crippen LogP contribution in [0, 0.1) is 5.82 Å². The number of halogens is 4. The maximum Gasteiger partial charge on any atom is 0.416 e. The summed E-state index contributed by atoms with van der Waals surface area (Å²) < 4.78 is 65.5. The Balaban J connectivity index is 1.31. The van der Waals surface area contributed by atoms with E-state index in [0.717, 1.165) is 76.1 Å². The fraction of sp³-hybridized carbons (Fsp3) is 0.538. The van der Waals surface area contributed by atoms with Gasteiger partial charge >= 0.3 is 6.18 Å². The van der Waals surface area contributed by atoms with Gasteiger partial charge in [0.1, 0.15) is 17.8 Å². The molecule has 0 radical (unpaired) electrons. The average molecular weight is 479 g/mol. The molecule has 2 aromatic carbocycles. The monoisotopic (exact) mass is 478 g/mol. The molecule has 1 unspecified atom stereocenters. The molecule has 0 amide bonds. The molecule has 1 saturated carbocycles. The Morgan fingerprint density at radius 1 is 0.971 bits per heavy atom. The molecule has 1 spiro atoms. The molecular formula is C26H30F4N2O2. The lowest BCUT2D eigenvalue weighted by Gasteiger charge is -2.32. The fourth-order valence-electron chi connectivity index (χ4n) is 5.53. The SMILES string of the molecule is Fc1cc(C2(CN3CCNCC3)OC23CCCCC3)ccc1OCc1ccc(C(F)(F)F)cc1. The molecule has 3 fully saturated rings. The molecule has 0 bridgehead atoms. The maximum absolute atomic E-state index is 15.1. The summed E-state index contributed by atoms with van der Waals surface area (Å²) in [4.78, 5) is 2.40. The van der Waals surface area contributed by atoms with Gasteiger partial charge in [-0.25, -0.2) is 4.39 Å². The zero-order valence-electron chi connectivity index (χ0n) is 19.1. The van der Waals surface area contributed by atoms with E-state index in [1.165, 1.54) is 24.6 Å². The van der Waals surface area contributed by atoms with Crippen molar-refractivity contribution in [3.05, 3.63) is 65.0 Å². The molecule has 3 aliphatic rings. The zero-order chi connectivity index (χ0) is 23.8. The van der Waals surface area contributed by atoms with Crippen molar-refractivity contribution in [1.82, 2.24) is 10.2 Å². The van der Waals surface area contributed by atoms with Gasteiger partial charge in [-0.1, -0.05) is 37.5 Å². The van der Waals surface area contributed by atoms with Crippen molar-refractivity contribution >= 4 is 0 Å². The van der Waals surface area contributed by atoms with Gasteiger partial charge in [0.15, 0.2) is 11.6 Å². The lowest BCUT2D eigenvalue weighted by Crippen LogP contribution is -2.48. The molecule has 2 saturated heterocycles. The van der Waals surface area contributed by atoms with E-state index < -0.39 is 23.2 Å². The highest BCUT2D eigenvalue weighted by Crippen LogP contribution is 2.63. The minimum absolute atomic E-state index is 0.0131. The normalized spacial score (nSPS) is 24.8. The van der Waals surface area contributed by atoms with E-state index in [2.05, 4.69) is 10.2 Å². The van der Waals surface area contributed by atoms with Crippen molar-refractivity contribution in [3.8, 4) is 5.75 Å². The van der Waals surface area contributed by atoms with Gasteiger partial charge < -0.3 is 14.8 Å². The summed E-state index contributed by atoms with van der Waals surface area (Å²) in [5.74, 6) is -0.398. The number of piperazine rings is 1. The Bertz CT molecular complexity index is 999. The standard InChI is InChI=1S/C26H30F4N2O2/c27-22-16-21(8-9-23(22)33-17-19-4-6-20(7-5-19)26(28,29)30)25(18-32-14-12-31-13-15-32)24(34-25)10-2-1-3-11-24/h4-9,16,31H,1-3,10-15,17-18H2. The maximum atomic E-state index is 15.1. The molecule has 5 rings (SSSR count). The van der Waals surface area contributed by atoms with E-state index in [4.69, 9.17) is 9.47 Å². The highest BCUT2D eigenvalue weighted by molar-refractivity contribution is 5.40. The van der Waals surface area contributed by atoms with Crippen molar-refractivity contribution in [3.63, 3.8) is 0 Å². The van der Waals surface area contributed by atoms with Crippen molar-refractivity contribution in [2.24, 2.45) is 0 Å². The van der Waals surface area contributed by atoms with E-state index in [1.54, 1.807) is 6.07 Å². The van der Waals surface area contributed by atoms with Crippen LogP contribution in [-0.2, 0) is 23.1 Å². The first-order valence-electron chi connectivity index (χ1n) is 12.0. The fourth-order valence-corrected chi connectivity index (χ4v) is 5.53. The van der Waals surface area contributed by atoms with Gasteiger partial charge in [-0.3, -0.25) is 4.90 Å². The van der Waals surface area contributed by atoms with Gasteiger partial charge in [0.05, 0.1) is 5.56 Å². The second-order valence-corrected chi connectivity index (χ2v) is 9.64. The lowest BCUT2D eigenvalue weighted by atomic mass is 9.76. The van der Waals surface area contributed by atoms with E-state index >= 15 is 4.39 Å². The second kappa shape index (κ2) is 9.13. The van der Waals surface area contributed by atoms with Crippen LogP contribution in [0.3, 0.4) is 0 Å². The lowest BCUT2D eigenvalue weighted by molar-refractivity contribution is -0.137. The van der Waals surface area contributed by atoms with E-state index in [0.29, 0.717) is 5.56 Å². The van der Waals surface area contributed by atoms with Crippen LogP contribution < -0.4 is 10.1 Å². The number of rotatable bonds is 6. The van der Waals surface area contributed by atoms with Gasteiger partial charge in [-0.2, -0.15) is 13.2 Å². The summed E-state index contributed by atoms with van der Waals surface area (Å²) in [5, 5.41) is 3.37. The molecule has 2 aromatic rings. The Hall–Kier alpha value is -2.16. The third kappa shape index (κ3) is 4.55. The molecule has 2 aliphatic heterocycles. The largest absolute Gasteiger partial charge is 0.486 e. The number of epoxide rings is 1. The Morgan fingerprint density at radius 2 is 1.68 bits per heavy atom. The summed E-state index contributed by atoms with van der Waals surface area (Å²) in [5.41, 5.74) is -0.0591. The molecule has 184 valence electrons. The van der Waals surface area contributed by atoms with E-state index in [1.807, 2.05) is 6.07 Å². The minimum atomic E-state index is -4.39. The second-order valence-electron chi connectivity index (χ2n) is 9.64. The van der Waals surface area contributed by atoms with Crippen LogP contribution in [0.5, 0.6) is 5.75 Å². The molecule has 1 aliphatic carbocycles. The van der Waals surface area contributed by atoms with Crippen molar-refractivity contribution in [2.75, 3.05) is 32.7 Å². The molecular weight excluding hydrogens is 448 g/mol. The predicted octanol–water partition coefficient (Wildman–Crippen LogP) is 5.26. The molecule has 1 atom stereocenters. The Kier molecular flexibility index (Phi) is 6.33. The number of hydrogen-bond acceptors (Lipinski definition) is 4. The molecule has 0 aromatic heterocycles. The number of ether oxygens (including phenoxy) is 2. The van der Waals surface area contributed by atoms with Crippen LogP contribution in [0.4, 0.5) is 17.6 Å². The minimum Gasteiger partial charge on any atom is -0.486 e. The third-order valence-corrected chi connectivity index (χ3v) is 7.45. The summed E-state index contributed by atoms with van der Waals surface area (Å²) in [6.45, 7) is 4.50.